The van der Waals surface area contributed by atoms with Crippen molar-refractivity contribution in [1.82, 2.24) is 14.5 Å². The maximum Gasteiger partial charge on any atom is 0.246 e. The van der Waals surface area contributed by atoms with Crippen molar-refractivity contribution in [3.05, 3.63) is 36.4 Å². The zero-order chi connectivity index (χ0) is 19.0. The molecule has 0 aliphatic carbocycles. The molecular formula is C21H28N4O2. The summed E-state index contributed by atoms with van der Waals surface area (Å²) in [7, 11) is 2.03. The summed E-state index contributed by atoms with van der Waals surface area (Å²) < 4.78 is 2.10. The van der Waals surface area contributed by atoms with Gasteiger partial charge in [-0.1, -0.05) is 12.6 Å². The van der Waals surface area contributed by atoms with E-state index in [0.29, 0.717) is 6.54 Å². The molecule has 6 nitrogen and oxygen atoms in total. The summed E-state index contributed by atoms with van der Waals surface area (Å²) in [6, 6.07) is 6.44. The Bertz CT molecular complexity index is 859. The van der Waals surface area contributed by atoms with E-state index in [0.717, 1.165) is 67.7 Å². The van der Waals surface area contributed by atoms with E-state index in [9.17, 15) is 9.90 Å². The molecule has 1 amide bonds. The van der Waals surface area contributed by atoms with Gasteiger partial charge in [-0.05, 0) is 55.9 Å². The number of rotatable bonds is 3. The highest BCUT2D eigenvalue weighted by Gasteiger charge is 2.27. The number of nitrogens with zero attached hydrogens (tertiary/aromatic N) is 4. The van der Waals surface area contributed by atoms with Crippen molar-refractivity contribution in [2.75, 3.05) is 24.5 Å². The highest BCUT2D eigenvalue weighted by atomic mass is 16.3. The highest BCUT2D eigenvalue weighted by molar-refractivity contribution is 5.87. The average molecular weight is 368 g/mol. The lowest BCUT2D eigenvalue weighted by atomic mass is 9.95. The molecule has 2 aliphatic heterocycles. The monoisotopic (exact) mass is 368 g/mol. The second-order valence-corrected chi connectivity index (χ2v) is 7.71. The minimum absolute atomic E-state index is 0.00353. The summed E-state index contributed by atoms with van der Waals surface area (Å²) >= 11 is 0. The SMILES string of the molecule is C=CC(=O)N1CCCCC1c1ccc2c(c1)nc(N1CCCC(O)C1)n2C. The number of aliphatic hydroxyl groups is 1. The molecule has 2 atom stereocenters. The summed E-state index contributed by atoms with van der Waals surface area (Å²) in [5, 5.41) is 10.0. The quantitative estimate of drug-likeness (QED) is 0.847. The highest BCUT2D eigenvalue weighted by Crippen LogP contribution is 2.33. The molecule has 2 aliphatic rings. The second kappa shape index (κ2) is 7.35. The number of carbonyl (C=O) groups is 1. The number of likely N-dealkylation sites (tertiary alicyclic amines) is 1. The minimum Gasteiger partial charge on any atom is -0.391 e. The zero-order valence-electron chi connectivity index (χ0n) is 16.0. The summed E-state index contributed by atoms with van der Waals surface area (Å²) in [4.78, 5) is 21.2. The smallest absolute Gasteiger partial charge is 0.246 e. The predicted molar refractivity (Wildman–Crippen MR) is 107 cm³/mol. The summed E-state index contributed by atoms with van der Waals surface area (Å²) in [6.45, 7) is 5.99. The van der Waals surface area contributed by atoms with Crippen molar-refractivity contribution >= 4 is 22.9 Å². The number of amides is 1. The Balaban J connectivity index is 1.67. The van der Waals surface area contributed by atoms with Crippen molar-refractivity contribution < 1.29 is 9.90 Å². The molecule has 144 valence electrons. The number of hydrogen-bond donors (Lipinski definition) is 1. The number of piperidine rings is 2. The summed E-state index contributed by atoms with van der Waals surface area (Å²) in [5.41, 5.74) is 3.16. The number of aliphatic hydroxyl groups excluding tert-OH is 1. The summed E-state index contributed by atoms with van der Waals surface area (Å²) in [5.74, 6) is 0.910. The summed E-state index contributed by atoms with van der Waals surface area (Å²) in [6.07, 6.45) is 6.12. The average Bonchev–Trinajstić information content (AvgIpc) is 3.03. The van der Waals surface area contributed by atoms with E-state index < -0.39 is 0 Å². The lowest BCUT2D eigenvalue weighted by Crippen LogP contribution is -2.39. The van der Waals surface area contributed by atoms with Crippen LogP contribution < -0.4 is 4.90 Å². The molecule has 1 aromatic carbocycles. The Morgan fingerprint density at radius 2 is 2.11 bits per heavy atom. The predicted octanol–water partition coefficient (Wildman–Crippen LogP) is 2.77. The van der Waals surface area contributed by atoms with Crippen LogP contribution in [0.4, 0.5) is 5.95 Å². The third-order valence-corrected chi connectivity index (χ3v) is 5.91. The third kappa shape index (κ3) is 3.34. The fourth-order valence-corrected chi connectivity index (χ4v) is 4.49. The van der Waals surface area contributed by atoms with Crippen molar-refractivity contribution in [3.63, 3.8) is 0 Å². The van der Waals surface area contributed by atoms with Crippen LogP contribution in [0.15, 0.2) is 30.9 Å². The van der Waals surface area contributed by atoms with Gasteiger partial charge < -0.3 is 19.5 Å². The molecular weight excluding hydrogens is 340 g/mol. The molecule has 2 aromatic rings. The third-order valence-electron chi connectivity index (χ3n) is 5.91. The lowest BCUT2D eigenvalue weighted by Gasteiger charge is -2.35. The number of anilines is 1. The van der Waals surface area contributed by atoms with E-state index in [1.807, 2.05) is 11.9 Å². The van der Waals surface area contributed by atoms with E-state index in [2.05, 4.69) is 34.2 Å². The Kier molecular flexibility index (Phi) is 4.91. The first-order chi connectivity index (χ1) is 13.1. The Morgan fingerprint density at radius 1 is 1.26 bits per heavy atom. The van der Waals surface area contributed by atoms with Crippen LogP contribution in [-0.2, 0) is 11.8 Å². The van der Waals surface area contributed by atoms with Crippen molar-refractivity contribution in [2.45, 2.75) is 44.2 Å². The Labute approximate surface area is 160 Å². The Hall–Kier alpha value is -2.34. The molecule has 27 heavy (non-hydrogen) atoms. The van der Waals surface area contributed by atoms with Crippen molar-refractivity contribution in [2.24, 2.45) is 7.05 Å². The number of hydrogen-bond acceptors (Lipinski definition) is 4. The van der Waals surface area contributed by atoms with Crippen LogP contribution in [-0.4, -0.2) is 51.2 Å². The normalized spacial score (nSPS) is 23.6. The molecule has 6 heteroatoms. The van der Waals surface area contributed by atoms with Crippen LogP contribution in [0, 0.1) is 0 Å². The maximum absolute atomic E-state index is 12.3. The van der Waals surface area contributed by atoms with Gasteiger partial charge in [0.1, 0.15) is 0 Å². The molecule has 0 bridgehead atoms. The molecule has 2 fully saturated rings. The standard InChI is InChI=1S/C21H28N4O2/c1-3-20(27)25-12-5-4-8-18(25)15-9-10-19-17(13-15)22-21(23(19)2)24-11-6-7-16(26)14-24/h3,9-10,13,16,18,26H,1,4-8,11-12,14H2,2H3. The number of carbonyl (C=O) groups excluding carboxylic acids is 1. The van der Waals surface area contributed by atoms with E-state index in [1.165, 1.54) is 6.08 Å². The van der Waals surface area contributed by atoms with Gasteiger partial charge in [0.25, 0.3) is 0 Å². The molecule has 2 saturated heterocycles. The van der Waals surface area contributed by atoms with E-state index in [1.54, 1.807) is 0 Å². The van der Waals surface area contributed by atoms with Crippen LogP contribution in [0.2, 0.25) is 0 Å². The fourth-order valence-electron chi connectivity index (χ4n) is 4.49. The number of aromatic nitrogens is 2. The minimum atomic E-state index is -0.283. The van der Waals surface area contributed by atoms with E-state index in [4.69, 9.17) is 4.98 Å². The number of β-amino-alcohol motifs (C(OH)–C–C–N with tert-alkyl or cyclic N) is 1. The second-order valence-electron chi connectivity index (χ2n) is 7.71. The first kappa shape index (κ1) is 18.0. The zero-order valence-corrected chi connectivity index (χ0v) is 16.0. The van der Waals surface area contributed by atoms with Crippen molar-refractivity contribution in [3.8, 4) is 0 Å². The molecule has 4 rings (SSSR count). The number of fused-ring (bicyclic) bond motifs is 1. The lowest BCUT2D eigenvalue weighted by molar-refractivity contribution is -0.129. The van der Waals surface area contributed by atoms with Gasteiger partial charge in [0, 0.05) is 26.7 Å². The van der Waals surface area contributed by atoms with E-state index in [-0.39, 0.29) is 18.1 Å². The van der Waals surface area contributed by atoms with Crippen LogP contribution in [0.5, 0.6) is 0 Å². The van der Waals surface area contributed by atoms with Crippen LogP contribution in [0.3, 0.4) is 0 Å². The number of aryl methyl sites for hydroxylation is 1. The van der Waals surface area contributed by atoms with Gasteiger partial charge in [-0.25, -0.2) is 4.98 Å². The van der Waals surface area contributed by atoms with Gasteiger partial charge in [-0.3, -0.25) is 4.79 Å². The Morgan fingerprint density at radius 3 is 2.89 bits per heavy atom. The molecule has 0 spiro atoms. The molecule has 3 heterocycles. The van der Waals surface area contributed by atoms with Gasteiger partial charge in [-0.15, -0.1) is 0 Å². The van der Waals surface area contributed by atoms with Gasteiger partial charge in [0.05, 0.1) is 23.2 Å². The van der Waals surface area contributed by atoms with E-state index >= 15 is 0 Å². The molecule has 2 unspecified atom stereocenters. The fraction of sp³-hybridized carbons (Fsp3) is 0.524. The van der Waals surface area contributed by atoms with Crippen LogP contribution in [0.1, 0.15) is 43.7 Å². The number of benzene rings is 1. The van der Waals surface area contributed by atoms with Gasteiger partial charge >= 0.3 is 0 Å². The first-order valence-electron chi connectivity index (χ1n) is 9.91. The molecule has 0 radical (unpaired) electrons. The molecule has 1 N–H and O–H groups in total. The van der Waals surface area contributed by atoms with Gasteiger partial charge in [-0.2, -0.15) is 0 Å². The largest absolute Gasteiger partial charge is 0.391 e. The van der Waals surface area contributed by atoms with Crippen molar-refractivity contribution in [1.29, 1.82) is 0 Å². The maximum atomic E-state index is 12.3. The number of imidazole rings is 1. The first-order valence-corrected chi connectivity index (χ1v) is 9.91. The molecule has 0 saturated carbocycles. The van der Waals surface area contributed by atoms with Gasteiger partial charge in [0.15, 0.2) is 0 Å². The van der Waals surface area contributed by atoms with Crippen LogP contribution in [0.25, 0.3) is 11.0 Å². The molecule has 1 aromatic heterocycles. The van der Waals surface area contributed by atoms with Crippen LogP contribution >= 0.6 is 0 Å². The topological polar surface area (TPSA) is 61.6 Å². The van der Waals surface area contributed by atoms with Gasteiger partial charge in [0.2, 0.25) is 11.9 Å².